The lowest BCUT2D eigenvalue weighted by Gasteiger charge is -2.14. The Bertz CT molecular complexity index is 579. The Kier molecular flexibility index (Phi) is 3.75. The number of anilines is 2. The van der Waals surface area contributed by atoms with Gasteiger partial charge in [-0.3, -0.25) is 0 Å². The summed E-state index contributed by atoms with van der Waals surface area (Å²) in [5, 5.41) is 2.66. The summed E-state index contributed by atoms with van der Waals surface area (Å²) in [6.45, 7) is 1.66. The highest BCUT2D eigenvalue weighted by Crippen LogP contribution is 2.35. The van der Waals surface area contributed by atoms with Gasteiger partial charge in [-0.15, -0.1) is 0 Å². The molecule has 0 saturated heterocycles. The molecule has 3 nitrogen and oxygen atoms in total. The minimum Gasteiger partial charge on any atom is -0.340 e. The average molecular weight is 332 g/mol. The van der Waals surface area contributed by atoms with Crippen LogP contribution >= 0.6 is 15.9 Å². The molecule has 0 fully saturated rings. The summed E-state index contributed by atoms with van der Waals surface area (Å²) in [4.78, 5) is 8.02. The highest BCUT2D eigenvalue weighted by atomic mass is 79.9. The molecule has 1 heterocycles. The van der Waals surface area contributed by atoms with E-state index in [-0.39, 0.29) is 5.69 Å². The quantitative estimate of drug-likeness (QED) is 0.833. The standard InChI is InChI=1S/C12H9BrF3N3/c1-7-17-10(13)6-11(18-7)19-9-5-3-2-4-8(9)12(14,15)16/h2-6H,1H3,(H,17,18,19). The Balaban J connectivity index is 2.38. The zero-order valence-corrected chi connectivity index (χ0v) is 11.4. The fourth-order valence-electron chi connectivity index (χ4n) is 1.57. The molecule has 1 aromatic heterocycles. The van der Waals surface area contributed by atoms with Crippen molar-refractivity contribution in [3.05, 3.63) is 46.3 Å². The third-order valence-electron chi connectivity index (χ3n) is 2.30. The second-order valence-electron chi connectivity index (χ2n) is 3.79. The molecule has 0 aliphatic rings. The van der Waals surface area contributed by atoms with Gasteiger partial charge in [0, 0.05) is 6.07 Å². The molecule has 0 atom stereocenters. The first-order valence-electron chi connectivity index (χ1n) is 5.31. The van der Waals surface area contributed by atoms with E-state index < -0.39 is 11.7 Å². The highest BCUT2D eigenvalue weighted by molar-refractivity contribution is 9.10. The zero-order valence-electron chi connectivity index (χ0n) is 9.79. The molecule has 2 rings (SSSR count). The van der Waals surface area contributed by atoms with E-state index in [1.807, 2.05) is 0 Å². The summed E-state index contributed by atoms with van der Waals surface area (Å²) in [7, 11) is 0. The van der Waals surface area contributed by atoms with Gasteiger partial charge in [0.15, 0.2) is 0 Å². The van der Waals surface area contributed by atoms with Crippen LogP contribution in [0.25, 0.3) is 0 Å². The molecule has 0 radical (unpaired) electrons. The second kappa shape index (κ2) is 5.16. The molecule has 2 aromatic rings. The molecule has 0 unspecified atom stereocenters. The molecule has 0 bridgehead atoms. The van der Waals surface area contributed by atoms with Crippen molar-refractivity contribution in [3.63, 3.8) is 0 Å². The van der Waals surface area contributed by atoms with Crippen molar-refractivity contribution < 1.29 is 13.2 Å². The van der Waals surface area contributed by atoms with E-state index in [1.165, 1.54) is 24.3 Å². The largest absolute Gasteiger partial charge is 0.418 e. The van der Waals surface area contributed by atoms with Crippen LogP contribution in [0.15, 0.2) is 34.9 Å². The van der Waals surface area contributed by atoms with Crippen LogP contribution in [0.5, 0.6) is 0 Å². The molecule has 0 amide bonds. The third kappa shape index (κ3) is 3.44. The van der Waals surface area contributed by atoms with E-state index in [0.717, 1.165) is 6.07 Å². The third-order valence-corrected chi connectivity index (χ3v) is 2.71. The average Bonchev–Trinajstić information content (AvgIpc) is 2.26. The van der Waals surface area contributed by atoms with E-state index in [1.54, 1.807) is 6.92 Å². The van der Waals surface area contributed by atoms with Gasteiger partial charge in [-0.1, -0.05) is 12.1 Å². The number of hydrogen-bond acceptors (Lipinski definition) is 3. The van der Waals surface area contributed by atoms with E-state index in [2.05, 4.69) is 31.2 Å². The first-order valence-corrected chi connectivity index (χ1v) is 6.10. The van der Waals surface area contributed by atoms with Crippen LogP contribution in [0.1, 0.15) is 11.4 Å². The van der Waals surface area contributed by atoms with Gasteiger partial charge in [0.05, 0.1) is 11.3 Å². The van der Waals surface area contributed by atoms with Crippen LogP contribution in [0.4, 0.5) is 24.7 Å². The maximum atomic E-state index is 12.8. The van der Waals surface area contributed by atoms with Crippen LogP contribution in [-0.4, -0.2) is 9.97 Å². The lowest BCUT2D eigenvalue weighted by Crippen LogP contribution is -2.09. The number of halogens is 4. The molecular formula is C12H9BrF3N3. The Morgan fingerprint density at radius 2 is 1.84 bits per heavy atom. The molecule has 7 heteroatoms. The Morgan fingerprint density at radius 1 is 1.16 bits per heavy atom. The molecule has 1 aromatic carbocycles. The highest BCUT2D eigenvalue weighted by Gasteiger charge is 2.33. The number of para-hydroxylation sites is 1. The molecule has 19 heavy (non-hydrogen) atoms. The second-order valence-corrected chi connectivity index (χ2v) is 4.60. The smallest absolute Gasteiger partial charge is 0.340 e. The summed E-state index contributed by atoms with van der Waals surface area (Å²) in [6, 6.07) is 6.76. The van der Waals surface area contributed by atoms with Gasteiger partial charge < -0.3 is 5.32 Å². The van der Waals surface area contributed by atoms with E-state index in [0.29, 0.717) is 16.2 Å². The molecule has 0 saturated carbocycles. The zero-order chi connectivity index (χ0) is 14.0. The molecule has 0 aliphatic heterocycles. The number of rotatable bonds is 2. The molecular weight excluding hydrogens is 323 g/mol. The Morgan fingerprint density at radius 3 is 2.47 bits per heavy atom. The van der Waals surface area contributed by atoms with Gasteiger partial charge in [-0.05, 0) is 35.0 Å². The number of aromatic nitrogens is 2. The first-order chi connectivity index (χ1) is 8.86. The number of nitrogens with zero attached hydrogens (tertiary/aromatic N) is 2. The van der Waals surface area contributed by atoms with Crippen LogP contribution in [-0.2, 0) is 6.18 Å². The fourth-order valence-corrected chi connectivity index (χ4v) is 2.05. The minimum absolute atomic E-state index is 0.0417. The molecule has 1 N–H and O–H groups in total. The lowest BCUT2D eigenvalue weighted by atomic mass is 10.1. The summed E-state index contributed by atoms with van der Waals surface area (Å²) in [6.07, 6.45) is -4.41. The summed E-state index contributed by atoms with van der Waals surface area (Å²) in [5.41, 5.74) is -0.776. The minimum atomic E-state index is -4.41. The normalized spacial score (nSPS) is 11.4. The number of nitrogens with one attached hydrogen (secondary N) is 1. The number of hydrogen-bond donors (Lipinski definition) is 1. The summed E-state index contributed by atoms with van der Waals surface area (Å²) in [5.74, 6) is 0.762. The monoisotopic (exact) mass is 331 g/mol. The molecule has 0 spiro atoms. The predicted octanol–water partition coefficient (Wildman–Crippen LogP) is 4.31. The lowest BCUT2D eigenvalue weighted by molar-refractivity contribution is -0.136. The number of alkyl halides is 3. The van der Waals surface area contributed by atoms with Crippen LogP contribution in [0.2, 0.25) is 0 Å². The first kappa shape index (κ1) is 13.8. The van der Waals surface area contributed by atoms with Crippen LogP contribution in [0.3, 0.4) is 0 Å². The van der Waals surface area contributed by atoms with Gasteiger partial charge in [0.1, 0.15) is 16.2 Å². The van der Waals surface area contributed by atoms with Crippen molar-refractivity contribution in [2.45, 2.75) is 13.1 Å². The van der Waals surface area contributed by atoms with Gasteiger partial charge in [0.25, 0.3) is 0 Å². The van der Waals surface area contributed by atoms with Crippen molar-refractivity contribution in [3.8, 4) is 0 Å². The van der Waals surface area contributed by atoms with Crippen molar-refractivity contribution >= 4 is 27.4 Å². The van der Waals surface area contributed by atoms with Gasteiger partial charge in [-0.25, -0.2) is 9.97 Å². The molecule has 100 valence electrons. The van der Waals surface area contributed by atoms with Gasteiger partial charge in [-0.2, -0.15) is 13.2 Å². The summed E-state index contributed by atoms with van der Waals surface area (Å²) >= 11 is 3.17. The van der Waals surface area contributed by atoms with E-state index >= 15 is 0 Å². The summed E-state index contributed by atoms with van der Waals surface area (Å²) < 4.78 is 39.0. The topological polar surface area (TPSA) is 37.8 Å². The number of benzene rings is 1. The van der Waals surface area contributed by atoms with Crippen molar-refractivity contribution in [2.75, 3.05) is 5.32 Å². The van der Waals surface area contributed by atoms with Crippen molar-refractivity contribution in [2.24, 2.45) is 0 Å². The van der Waals surface area contributed by atoms with Gasteiger partial charge in [0.2, 0.25) is 0 Å². The molecule has 0 aliphatic carbocycles. The van der Waals surface area contributed by atoms with Crippen molar-refractivity contribution in [1.29, 1.82) is 0 Å². The maximum Gasteiger partial charge on any atom is 0.418 e. The SMILES string of the molecule is Cc1nc(Br)cc(Nc2ccccc2C(F)(F)F)n1. The van der Waals surface area contributed by atoms with Crippen LogP contribution in [0, 0.1) is 6.92 Å². The Hall–Kier alpha value is -1.63. The fraction of sp³-hybridized carbons (Fsp3) is 0.167. The van der Waals surface area contributed by atoms with Gasteiger partial charge >= 0.3 is 6.18 Å². The Labute approximate surface area is 116 Å². The van der Waals surface area contributed by atoms with Crippen LogP contribution < -0.4 is 5.32 Å². The number of aryl methyl sites for hydroxylation is 1. The van der Waals surface area contributed by atoms with Crippen molar-refractivity contribution in [1.82, 2.24) is 9.97 Å². The van der Waals surface area contributed by atoms with E-state index in [9.17, 15) is 13.2 Å². The maximum absolute atomic E-state index is 12.8. The van der Waals surface area contributed by atoms with E-state index in [4.69, 9.17) is 0 Å². The predicted molar refractivity (Wildman–Crippen MR) is 69.2 cm³/mol.